The summed E-state index contributed by atoms with van der Waals surface area (Å²) in [6.07, 6.45) is 75.7. The molecule has 0 aliphatic rings. The SMILES string of the molecule is CC\C=C/C=C\C=C/C=C\C=C\C=C/CCCCCC(=O)OCC(COC(=O)CCCCC/C=C\C=C/CCCCCCCCC)OC(=O)CCCCCCCC/C=C\C/C=C\C/C=C\CC. The molecule has 0 fully saturated rings. The van der Waals surface area contributed by atoms with E-state index < -0.39 is 6.10 Å². The second kappa shape index (κ2) is 54.2. The van der Waals surface area contributed by atoms with Crippen molar-refractivity contribution in [1.29, 1.82) is 0 Å². The fraction of sp³-hybridized carbons (Fsp3) is 0.590. The van der Waals surface area contributed by atoms with Gasteiger partial charge in [-0.25, -0.2) is 0 Å². The van der Waals surface area contributed by atoms with Crippen LogP contribution in [0.5, 0.6) is 0 Å². The number of hydrogen-bond donors (Lipinski definition) is 0. The smallest absolute Gasteiger partial charge is 0.306 e. The Hall–Kier alpha value is -4.45. The third-order valence-electron chi connectivity index (χ3n) is 10.8. The molecule has 0 spiro atoms. The van der Waals surface area contributed by atoms with E-state index in [-0.39, 0.29) is 31.1 Å². The largest absolute Gasteiger partial charge is 0.462 e. The molecule has 0 amide bonds. The second-order valence-corrected chi connectivity index (χ2v) is 17.2. The lowest BCUT2D eigenvalue weighted by Gasteiger charge is -2.18. The van der Waals surface area contributed by atoms with Gasteiger partial charge in [-0.15, -0.1) is 0 Å². The number of carbonyl (C=O) groups is 3. The third-order valence-corrected chi connectivity index (χ3v) is 10.8. The Morgan fingerprint density at radius 3 is 1.12 bits per heavy atom. The number of ether oxygens (including phenoxy) is 3. The molecule has 67 heavy (non-hydrogen) atoms. The maximum atomic E-state index is 12.8. The van der Waals surface area contributed by atoms with E-state index in [1.165, 1.54) is 57.8 Å². The van der Waals surface area contributed by atoms with Crippen molar-refractivity contribution in [2.75, 3.05) is 13.2 Å². The number of carbonyl (C=O) groups excluding carboxylic acids is 3. The van der Waals surface area contributed by atoms with Crippen LogP contribution in [0.4, 0.5) is 0 Å². The highest BCUT2D eigenvalue weighted by molar-refractivity contribution is 5.71. The average Bonchev–Trinajstić information content (AvgIpc) is 3.33. The number of esters is 3. The van der Waals surface area contributed by atoms with Crippen LogP contribution in [0, 0.1) is 0 Å². The average molecular weight is 925 g/mol. The second-order valence-electron chi connectivity index (χ2n) is 17.2. The predicted octanol–water partition coefficient (Wildman–Crippen LogP) is 17.9. The number of unbranched alkanes of at least 4 members (excludes halogenated alkanes) is 19. The maximum Gasteiger partial charge on any atom is 0.306 e. The van der Waals surface area contributed by atoms with Gasteiger partial charge in [0, 0.05) is 19.3 Å². The lowest BCUT2D eigenvalue weighted by Crippen LogP contribution is -2.30. The standard InChI is InChI=1S/C61H96O6/c1-4-7-10-13-16-19-22-25-28-31-34-36-39-42-45-48-51-54-60(63)66-57-58(67-61(64)55-52-49-46-43-40-37-33-30-27-24-21-18-15-12-9-6-3)56-65-59(62)53-50-47-44-41-38-35-32-29-26-23-20-17-14-11-8-5-2/h7,9-10,12-13,16,18-19,21-22,25,27-32,34-36,38-39,58H,4-6,8,11,14-15,17,20,23-24,26,33,37,40-57H2,1-3H3/b10-7-,12-9-,16-13-,21-18-,22-19-,28-25-,30-27-,32-29-,34-31+,38-35-,39-36-. The van der Waals surface area contributed by atoms with E-state index in [0.29, 0.717) is 19.3 Å². The van der Waals surface area contributed by atoms with E-state index in [0.717, 1.165) is 116 Å². The molecule has 6 heteroatoms. The zero-order chi connectivity index (χ0) is 48.6. The van der Waals surface area contributed by atoms with E-state index in [4.69, 9.17) is 14.2 Å². The van der Waals surface area contributed by atoms with E-state index in [9.17, 15) is 14.4 Å². The first kappa shape index (κ1) is 62.5. The van der Waals surface area contributed by atoms with Crippen LogP contribution in [-0.4, -0.2) is 37.2 Å². The van der Waals surface area contributed by atoms with Crippen molar-refractivity contribution in [3.8, 4) is 0 Å². The fourth-order valence-electron chi connectivity index (χ4n) is 6.83. The molecule has 0 radical (unpaired) electrons. The van der Waals surface area contributed by atoms with Gasteiger partial charge < -0.3 is 14.2 Å². The Labute approximate surface area is 411 Å². The Balaban J connectivity index is 4.57. The summed E-state index contributed by atoms with van der Waals surface area (Å²) in [5.74, 6) is -1.01. The van der Waals surface area contributed by atoms with Gasteiger partial charge in [-0.05, 0) is 96.3 Å². The molecule has 0 aromatic carbocycles. The summed E-state index contributed by atoms with van der Waals surface area (Å²) in [4.78, 5) is 38.1. The van der Waals surface area contributed by atoms with Crippen LogP contribution in [0.1, 0.15) is 213 Å². The molecular weight excluding hydrogens is 829 g/mol. The Morgan fingerprint density at radius 1 is 0.328 bits per heavy atom. The van der Waals surface area contributed by atoms with Crippen molar-refractivity contribution >= 4 is 17.9 Å². The van der Waals surface area contributed by atoms with E-state index in [1.54, 1.807) is 0 Å². The highest BCUT2D eigenvalue weighted by Crippen LogP contribution is 2.13. The maximum absolute atomic E-state index is 12.8. The molecule has 0 heterocycles. The number of hydrogen-bond acceptors (Lipinski definition) is 6. The topological polar surface area (TPSA) is 78.9 Å². The van der Waals surface area contributed by atoms with E-state index in [2.05, 4.69) is 93.7 Å². The first-order valence-electron chi connectivity index (χ1n) is 26.8. The molecule has 0 saturated carbocycles. The molecule has 0 bridgehead atoms. The summed E-state index contributed by atoms with van der Waals surface area (Å²) in [5.41, 5.74) is 0. The van der Waals surface area contributed by atoms with Crippen molar-refractivity contribution < 1.29 is 28.6 Å². The minimum Gasteiger partial charge on any atom is -0.462 e. The van der Waals surface area contributed by atoms with Gasteiger partial charge in [0.05, 0.1) is 0 Å². The molecule has 0 aliphatic heterocycles. The van der Waals surface area contributed by atoms with Crippen LogP contribution in [0.15, 0.2) is 134 Å². The van der Waals surface area contributed by atoms with Crippen molar-refractivity contribution in [3.05, 3.63) is 134 Å². The Kier molecular flexibility index (Phi) is 50.6. The molecule has 0 saturated heterocycles. The van der Waals surface area contributed by atoms with Crippen molar-refractivity contribution in [3.63, 3.8) is 0 Å². The number of rotatable bonds is 46. The quantitative estimate of drug-likeness (QED) is 0.0199. The van der Waals surface area contributed by atoms with Gasteiger partial charge in [0.15, 0.2) is 6.10 Å². The number of allylic oxidation sites excluding steroid dienone is 22. The minimum atomic E-state index is -0.820. The Bertz CT molecular complexity index is 1480. The van der Waals surface area contributed by atoms with Crippen LogP contribution in [0.25, 0.3) is 0 Å². The van der Waals surface area contributed by atoms with Gasteiger partial charge in [0.1, 0.15) is 13.2 Å². The van der Waals surface area contributed by atoms with Gasteiger partial charge in [-0.3, -0.25) is 14.4 Å². The fourth-order valence-corrected chi connectivity index (χ4v) is 6.83. The van der Waals surface area contributed by atoms with Crippen LogP contribution in [0.3, 0.4) is 0 Å². The molecule has 1 unspecified atom stereocenters. The van der Waals surface area contributed by atoms with Gasteiger partial charge in [-0.1, -0.05) is 231 Å². The molecule has 1 atom stereocenters. The van der Waals surface area contributed by atoms with Gasteiger partial charge in [-0.2, -0.15) is 0 Å². The molecule has 0 aromatic rings. The van der Waals surface area contributed by atoms with Crippen molar-refractivity contribution in [1.82, 2.24) is 0 Å². The lowest BCUT2D eigenvalue weighted by atomic mass is 10.1. The summed E-state index contributed by atoms with van der Waals surface area (Å²) in [6.45, 7) is 6.29. The Morgan fingerprint density at radius 2 is 0.657 bits per heavy atom. The highest BCUT2D eigenvalue weighted by atomic mass is 16.6. The van der Waals surface area contributed by atoms with Crippen LogP contribution >= 0.6 is 0 Å². The van der Waals surface area contributed by atoms with Crippen LogP contribution in [0.2, 0.25) is 0 Å². The first-order valence-corrected chi connectivity index (χ1v) is 26.8. The van der Waals surface area contributed by atoms with Gasteiger partial charge >= 0.3 is 17.9 Å². The zero-order valence-electron chi connectivity index (χ0n) is 42.9. The summed E-state index contributed by atoms with van der Waals surface area (Å²) in [5, 5.41) is 0. The van der Waals surface area contributed by atoms with E-state index >= 15 is 0 Å². The molecular formula is C61H96O6. The normalized spacial score (nSPS) is 13.2. The minimum absolute atomic E-state index is 0.117. The van der Waals surface area contributed by atoms with Crippen molar-refractivity contribution in [2.24, 2.45) is 0 Å². The summed E-state index contributed by atoms with van der Waals surface area (Å²) in [6, 6.07) is 0. The first-order chi connectivity index (χ1) is 33.0. The van der Waals surface area contributed by atoms with Gasteiger partial charge in [0.2, 0.25) is 0 Å². The summed E-state index contributed by atoms with van der Waals surface area (Å²) >= 11 is 0. The summed E-state index contributed by atoms with van der Waals surface area (Å²) < 4.78 is 16.8. The molecule has 376 valence electrons. The monoisotopic (exact) mass is 925 g/mol. The lowest BCUT2D eigenvalue weighted by molar-refractivity contribution is -0.167. The third kappa shape index (κ3) is 52.4. The zero-order valence-corrected chi connectivity index (χ0v) is 42.9. The van der Waals surface area contributed by atoms with Crippen LogP contribution in [-0.2, 0) is 28.6 Å². The highest BCUT2D eigenvalue weighted by Gasteiger charge is 2.19. The molecule has 0 aliphatic carbocycles. The predicted molar refractivity (Wildman–Crippen MR) is 288 cm³/mol. The molecule has 6 nitrogen and oxygen atoms in total. The van der Waals surface area contributed by atoms with Crippen LogP contribution < -0.4 is 0 Å². The molecule has 0 aromatic heterocycles. The van der Waals surface area contributed by atoms with Gasteiger partial charge in [0.25, 0.3) is 0 Å². The van der Waals surface area contributed by atoms with Crippen molar-refractivity contribution in [2.45, 2.75) is 219 Å². The van der Waals surface area contributed by atoms with E-state index in [1.807, 2.05) is 60.8 Å². The molecule has 0 rings (SSSR count). The molecule has 0 N–H and O–H groups in total. The summed E-state index contributed by atoms with van der Waals surface area (Å²) in [7, 11) is 0.